The van der Waals surface area contributed by atoms with Gasteiger partial charge in [-0.25, -0.2) is 23.2 Å². The molecule has 2 amide bonds. The van der Waals surface area contributed by atoms with E-state index in [-0.39, 0.29) is 10.9 Å². The Labute approximate surface area is 198 Å². The number of nitrogens with zero attached hydrogens (tertiary/aromatic N) is 4. The number of aromatic nitrogens is 2. The van der Waals surface area contributed by atoms with E-state index >= 15 is 0 Å². The molecule has 3 aromatic rings. The van der Waals surface area contributed by atoms with Crippen LogP contribution in [-0.2, 0) is 22.9 Å². The van der Waals surface area contributed by atoms with Crippen molar-refractivity contribution in [1.82, 2.24) is 14.3 Å². The van der Waals surface area contributed by atoms with Crippen LogP contribution in [0.4, 0.5) is 16.3 Å². The van der Waals surface area contributed by atoms with Crippen molar-refractivity contribution in [3.8, 4) is 11.3 Å². The molecule has 5 rings (SSSR count). The van der Waals surface area contributed by atoms with Crippen LogP contribution in [0.2, 0.25) is 0 Å². The Balaban J connectivity index is 1.38. The van der Waals surface area contributed by atoms with Crippen LogP contribution in [-0.4, -0.2) is 48.4 Å². The molecular weight excluding hydrogens is 452 g/mol. The maximum Gasteiger partial charge on any atom is 0.319 e. The quantitative estimate of drug-likeness (QED) is 0.559. The van der Waals surface area contributed by atoms with Crippen LogP contribution in [0.3, 0.4) is 0 Å². The molecule has 4 N–H and O–H groups in total. The Kier molecular flexibility index (Phi) is 5.49. The van der Waals surface area contributed by atoms with Crippen LogP contribution < -0.4 is 16.4 Å². The van der Waals surface area contributed by atoms with Gasteiger partial charge in [-0.05, 0) is 48.6 Å². The predicted molar refractivity (Wildman–Crippen MR) is 130 cm³/mol. The van der Waals surface area contributed by atoms with E-state index in [0.29, 0.717) is 30.2 Å². The minimum atomic E-state index is -3.50. The number of carbonyl (C=O) groups is 1. The van der Waals surface area contributed by atoms with Gasteiger partial charge in [0.25, 0.3) is 0 Å². The van der Waals surface area contributed by atoms with Crippen molar-refractivity contribution in [2.75, 3.05) is 24.2 Å². The maximum atomic E-state index is 12.8. The van der Waals surface area contributed by atoms with Gasteiger partial charge in [0.05, 0.1) is 22.5 Å². The van der Waals surface area contributed by atoms with Crippen molar-refractivity contribution in [2.24, 2.45) is 5.73 Å². The van der Waals surface area contributed by atoms with Crippen LogP contribution in [0.1, 0.15) is 29.7 Å². The molecule has 1 aliphatic heterocycles. The number of benzene rings is 2. The van der Waals surface area contributed by atoms with E-state index in [2.05, 4.69) is 4.98 Å². The fourth-order valence-electron chi connectivity index (χ4n) is 4.29. The molecule has 2 aromatic carbocycles. The van der Waals surface area contributed by atoms with Crippen molar-refractivity contribution < 1.29 is 13.2 Å². The van der Waals surface area contributed by atoms with Crippen molar-refractivity contribution in [1.29, 1.82) is 0 Å². The molecule has 34 heavy (non-hydrogen) atoms. The molecule has 0 saturated heterocycles. The van der Waals surface area contributed by atoms with Crippen LogP contribution >= 0.6 is 0 Å². The van der Waals surface area contributed by atoms with Crippen LogP contribution in [0.25, 0.3) is 11.3 Å². The first-order chi connectivity index (χ1) is 16.2. The number of hydrogen-bond donors (Lipinski definition) is 2. The van der Waals surface area contributed by atoms with Gasteiger partial charge in [0, 0.05) is 37.3 Å². The highest BCUT2D eigenvalue weighted by atomic mass is 32.2. The van der Waals surface area contributed by atoms with Gasteiger partial charge in [-0.3, -0.25) is 4.90 Å². The molecule has 1 aromatic heterocycles. The van der Waals surface area contributed by atoms with Gasteiger partial charge in [-0.1, -0.05) is 24.3 Å². The minimum Gasteiger partial charge on any atom is -0.382 e. The average molecular weight is 479 g/mol. The van der Waals surface area contributed by atoms with Gasteiger partial charge in [-0.15, -0.1) is 0 Å². The number of hydrogen-bond acceptors (Lipinski definition) is 6. The lowest BCUT2D eigenvalue weighted by molar-refractivity contribution is 0.254. The Morgan fingerprint density at radius 3 is 2.59 bits per heavy atom. The topological polar surface area (TPSA) is 136 Å². The third-order valence-corrected chi connectivity index (χ3v) is 8.37. The summed E-state index contributed by atoms with van der Waals surface area (Å²) in [6.45, 7) is 0.577. The molecule has 2 heterocycles. The third-order valence-electron chi connectivity index (χ3n) is 6.44. The molecule has 2 aliphatic rings. The molecule has 0 radical (unpaired) electrons. The largest absolute Gasteiger partial charge is 0.382 e. The Morgan fingerprint density at radius 1 is 1.18 bits per heavy atom. The van der Waals surface area contributed by atoms with E-state index < -0.39 is 16.1 Å². The normalized spacial score (nSPS) is 15.5. The Hall–Kier alpha value is -3.50. The summed E-state index contributed by atoms with van der Waals surface area (Å²) in [6.07, 6.45) is 4.64. The highest BCUT2D eigenvalue weighted by molar-refractivity contribution is 7.89. The molecule has 176 valence electrons. The summed E-state index contributed by atoms with van der Waals surface area (Å²) >= 11 is 0. The van der Waals surface area contributed by atoms with Gasteiger partial charge in [0.1, 0.15) is 5.82 Å². The zero-order valence-corrected chi connectivity index (χ0v) is 19.6. The summed E-state index contributed by atoms with van der Waals surface area (Å²) in [6, 6.07) is 12.2. The van der Waals surface area contributed by atoms with Crippen LogP contribution in [0, 0.1) is 0 Å². The zero-order chi connectivity index (χ0) is 24.0. The second-order valence-corrected chi connectivity index (χ2v) is 10.7. The first-order valence-corrected chi connectivity index (χ1v) is 12.6. The van der Waals surface area contributed by atoms with E-state index in [1.54, 1.807) is 42.4 Å². The summed E-state index contributed by atoms with van der Waals surface area (Å²) < 4.78 is 27.0. The molecular formula is C24H26N6O3S. The molecule has 0 bridgehead atoms. The molecule has 1 aliphatic carbocycles. The first-order valence-electron chi connectivity index (χ1n) is 11.1. The zero-order valence-electron chi connectivity index (χ0n) is 18.8. The summed E-state index contributed by atoms with van der Waals surface area (Å²) in [7, 11) is -1.87. The lowest BCUT2D eigenvalue weighted by Gasteiger charge is -2.16. The molecule has 1 fully saturated rings. The van der Waals surface area contributed by atoms with Gasteiger partial charge in [0.15, 0.2) is 0 Å². The highest BCUT2D eigenvalue weighted by Crippen LogP contribution is 2.32. The van der Waals surface area contributed by atoms with Gasteiger partial charge in [0.2, 0.25) is 10.0 Å². The fraction of sp³-hybridized carbons (Fsp3) is 0.292. The Morgan fingerprint density at radius 2 is 1.91 bits per heavy atom. The number of fused-ring (bicyclic) bond motifs is 1. The second-order valence-electron chi connectivity index (χ2n) is 8.74. The number of sulfonamides is 1. The Bertz CT molecular complexity index is 1370. The van der Waals surface area contributed by atoms with Crippen LogP contribution in [0.5, 0.6) is 0 Å². The smallest absolute Gasteiger partial charge is 0.319 e. The highest BCUT2D eigenvalue weighted by Gasteiger charge is 2.35. The molecule has 0 unspecified atom stereocenters. The lowest BCUT2D eigenvalue weighted by Crippen LogP contribution is -2.33. The van der Waals surface area contributed by atoms with Crippen molar-refractivity contribution >= 4 is 27.6 Å². The number of amides is 2. The molecule has 1 saturated carbocycles. The monoisotopic (exact) mass is 478 g/mol. The molecule has 9 nitrogen and oxygen atoms in total. The number of primary amides is 1. The van der Waals surface area contributed by atoms with Gasteiger partial charge < -0.3 is 11.5 Å². The van der Waals surface area contributed by atoms with Gasteiger partial charge in [-0.2, -0.15) is 4.31 Å². The fourth-order valence-corrected chi connectivity index (χ4v) is 5.71. The molecule has 10 heteroatoms. The van der Waals surface area contributed by atoms with Crippen molar-refractivity contribution in [3.63, 3.8) is 0 Å². The summed E-state index contributed by atoms with van der Waals surface area (Å²) in [5.74, 6) is 0.341. The number of urea groups is 1. The van der Waals surface area contributed by atoms with E-state index in [9.17, 15) is 13.2 Å². The number of nitrogen functional groups attached to an aromatic ring is 1. The number of anilines is 2. The maximum absolute atomic E-state index is 12.8. The third kappa shape index (κ3) is 4.10. The molecule has 0 spiro atoms. The van der Waals surface area contributed by atoms with E-state index in [4.69, 9.17) is 16.5 Å². The standard InChI is InChI=1S/C24H26N6O3S/c1-29(18-5-6-18)34(32,33)19-7-3-16(4-8-19)21-14-27-23(25)20(28-21)13-15-2-9-22-17(12-15)10-11-30(22)24(26)31/h2-4,7-9,12,14,18H,5-6,10-11,13H2,1H3,(H2,25,27)(H2,26,31). The van der Waals surface area contributed by atoms with Crippen molar-refractivity contribution in [2.45, 2.75) is 36.6 Å². The van der Waals surface area contributed by atoms with E-state index in [1.165, 1.54) is 4.31 Å². The summed E-state index contributed by atoms with van der Waals surface area (Å²) in [5.41, 5.74) is 16.5. The average Bonchev–Trinajstić information content (AvgIpc) is 3.58. The molecule has 0 atom stereocenters. The number of rotatable bonds is 6. The number of carbonyl (C=O) groups excluding carboxylic acids is 1. The van der Waals surface area contributed by atoms with Crippen LogP contribution in [0.15, 0.2) is 53.6 Å². The predicted octanol–water partition coefficient (Wildman–Crippen LogP) is 2.54. The van der Waals surface area contributed by atoms with Gasteiger partial charge >= 0.3 is 6.03 Å². The number of nitrogens with two attached hydrogens (primary N) is 2. The second kappa shape index (κ2) is 8.37. The van der Waals surface area contributed by atoms with E-state index in [0.717, 1.165) is 41.6 Å². The van der Waals surface area contributed by atoms with Crippen molar-refractivity contribution in [3.05, 3.63) is 65.5 Å². The summed E-state index contributed by atoms with van der Waals surface area (Å²) in [5, 5.41) is 0. The SMILES string of the molecule is CN(C1CC1)S(=O)(=O)c1ccc(-c2cnc(N)c(Cc3ccc4c(c3)CCN4C(N)=O)n2)cc1. The minimum absolute atomic E-state index is 0.105. The lowest BCUT2D eigenvalue weighted by atomic mass is 10.0. The summed E-state index contributed by atoms with van der Waals surface area (Å²) in [4.78, 5) is 22.4. The first kappa shape index (κ1) is 22.3. The van der Waals surface area contributed by atoms with E-state index in [1.807, 2.05) is 18.2 Å².